The number of rotatable bonds is 5. The van der Waals surface area contributed by atoms with E-state index in [1.807, 2.05) is 0 Å². The van der Waals surface area contributed by atoms with Gasteiger partial charge in [-0.2, -0.15) is 0 Å². The number of pyridine rings is 1. The minimum Gasteiger partial charge on any atom is -0.405 e. The molecular weight excluding hydrogens is 323 g/mol. The Labute approximate surface area is 136 Å². The third-order valence-corrected chi connectivity index (χ3v) is 3.19. The highest BCUT2D eigenvalue weighted by Crippen LogP contribution is 2.26. The van der Waals surface area contributed by atoms with Crippen molar-refractivity contribution in [2.75, 3.05) is 0 Å². The van der Waals surface area contributed by atoms with Crippen molar-refractivity contribution in [1.29, 1.82) is 0 Å². The van der Waals surface area contributed by atoms with Gasteiger partial charge in [0.25, 0.3) is 0 Å². The van der Waals surface area contributed by atoms with Gasteiger partial charge in [0.1, 0.15) is 5.75 Å². The molecule has 1 aromatic carbocycles. The van der Waals surface area contributed by atoms with Crippen molar-refractivity contribution in [2.24, 2.45) is 0 Å². The summed E-state index contributed by atoms with van der Waals surface area (Å²) in [6.07, 6.45) is -1.57. The predicted molar refractivity (Wildman–Crippen MR) is 81.1 cm³/mol. The summed E-state index contributed by atoms with van der Waals surface area (Å²) in [6, 6.07) is 8.40. The van der Waals surface area contributed by atoms with Crippen molar-refractivity contribution >= 4 is 6.03 Å². The topological polar surface area (TPSA) is 63.2 Å². The van der Waals surface area contributed by atoms with Crippen LogP contribution in [0.4, 0.5) is 18.0 Å². The predicted octanol–water partition coefficient (Wildman–Crippen LogP) is 3.54. The normalized spacial score (nSPS) is 12.3. The molecule has 1 unspecified atom stereocenters. The van der Waals surface area contributed by atoms with E-state index in [1.165, 1.54) is 18.2 Å². The lowest BCUT2D eigenvalue weighted by Gasteiger charge is -2.16. The second kappa shape index (κ2) is 7.67. The molecule has 2 N–H and O–H groups in total. The summed E-state index contributed by atoms with van der Waals surface area (Å²) in [7, 11) is 0. The number of hydrogen-bond acceptors (Lipinski definition) is 3. The van der Waals surface area contributed by atoms with Gasteiger partial charge in [0.05, 0.1) is 6.04 Å². The number of aromatic nitrogens is 1. The summed E-state index contributed by atoms with van der Waals surface area (Å²) < 4.78 is 41.0. The van der Waals surface area contributed by atoms with Gasteiger partial charge >= 0.3 is 12.4 Å². The van der Waals surface area contributed by atoms with Gasteiger partial charge in [0.2, 0.25) is 0 Å². The SMILES string of the molecule is CC(NC(=O)NCc1ccccc1OC(F)(F)F)c1ccncc1. The number of alkyl halides is 3. The number of benzene rings is 1. The first kappa shape index (κ1) is 17.6. The standard InChI is InChI=1S/C16H16F3N3O2/c1-11(12-6-8-20-9-7-12)22-15(23)21-10-13-4-2-3-5-14(13)24-16(17,18)19/h2-9,11H,10H2,1H3,(H2,21,22,23). The number of ether oxygens (including phenoxy) is 1. The fourth-order valence-corrected chi connectivity index (χ4v) is 2.03. The van der Waals surface area contributed by atoms with Gasteiger partial charge in [-0.3, -0.25) is 4.98 Å². The first-order valence-corrected chi connectivity index (χ1v) is 7.13. The fraction of sp³-hybridized carbons (Fsp3) is 0.250. The van der Waals surface area contributed by atoms with Crippen molar-refractivity contribution in [3.63, 3.8) is 0 Å². The molecule has 2 rings (SSSR count). The van der Waals surface area contributed by atoms with E-state index in [2.05, 4.69) is 20.4 Å². The number of nitrogens with one attached hydrogen (secondary N) is 2. The average Bonchev–Trinajstić information content (AvgIpc) is 2.53. The van der Waals surface area contributed by atoms with Crippen molar-refractivity contribution in [1.82, 2.24) is 15.6 Å². The lowest BCUT2D eigenvalue weighted by molar-refractivity contribution is -0.274. The quantitative estimate of drug-likeness (QED) is 0.876. The monoisotopic (exact) mass is 339 g/mol. The van der Waals surface area contributed by atoms with Crippen LogP contribution < -0.4 is 15.4 Å². The van der Waals surface area contributed by atoms with Gasteiger partial charge in [0.15, 0.2) is 0 Å². The summed E-state index contributed by atoms with van der Waals surface area (Å²) in [5.74, 6) is -0.340. The van der Waals surface area contributed by atoms with Crippen LogP contribution in [0.25, 0.3) is 0 Å². The molecule has 0 aliphatic heterocycles. The highest BCUT2D eigenvalue weighted by atomic mass is 19.4. The molecular formula is C16H16F3N3O2. The van der Waals surface area contributed by atoms with Crippen LogP contribution in [0, 0.1) is 0 Å². The number of halogens is 3. The highest BCUT2D eigenvalue weighted by molar-refractivity contribution is 5.74. The molecule has 0 spiro atoms. The van der Waals surface area contributed by atoms with Gasteiger partial charge < -0.3 is 15.4 Å². The highest BCUT2D eigenvalue weighted by Gasteiger charge is 2.31. The first-order chi connectivity index (χ1) is 11.3. The van der Waals surface area contributed by atoms with Crippen molar-refractivity contribution in [3.05, 3.63) is 59.9 Å². The molecule has 0 saturated carbocycles. The summed E-state index contributed by atoms with van der Waals surface area (Å²) in [5, 5.41) is 5.21. The minimum absolute atomic E-state index is 0.0961. The van der Waals surface area contributed by atoms with Gasteiger partial charge in [-0.25, -0.2) is 4.79 Å². The molecule has 1 atom stereocenters. The number of carbonyl (C=O) groups is 1. The van der Waals surface area contributed by atoms with Crippen LogP contribution in [0.2, 0.25) is 0 Å². The van der Waals surface area contributed by atoms with E-state index >= 15 is 0 Å². The largest absolute Gasteiger partial charge is 0.573 e. The number of amides is 2. The van der Waals surface area contributed by atoms with Crippen molar-refractivity contribution < 1.29 is 22.7 Å². The van der Waals surface area contributed by atoms with E-state index in [-0.39, 0.29) is 23.9 Å². The Kier molecular flexibility index (Phi) is 5.62. The molecule has 0 fully saturated rings. The van der Waals surface area contributed by atoms with E-state index in [1.54, 1.807) is 37.5 Å². The Morgan fingerprint density at radius 3 is 2.54 bits per heavy atom. The molecule has 24 heavy (non-hydrogen) atoms. The molecule has 0 aliphatic carbocycles. The zero-order valence-corrected chi connectivity index (χ0v) is 12.8. The lowest BCUT2D eigenvalue weighted by Crippen LogP contribution is -2.36. The molecule has 1 aromatic heterocycles. The van der Waals surface area contributed by atoms with E-state index in [9.17, 15) is 18.0 Å². The Morgan fingerprint density at radius 2 is 1.88 bits per heavy atom. The summed E-state index contributed by atoms with van der Waals surface area (Å²) in [6.45, 7) is 1.69. The molecule has 0 saturated heterocycles. The average molecular weight is 339 g/mol. The molecule has 128 valence electrons. The van der Waals surface area contributed by atoms with Gasteiger partial charge in [-0.15, -0.1) is 13.2 Å². The smallest absolute Gasteiger partial charge is 0.405 e. The summed E-state index contributed by atoms with van der Waals surface area (Å²) in [4.78, 5) is 15.8. The molecule has 1 heterocycles. The van der Waals surface area contributed by atoms with Crippen LogP contribution in [-0.2, 0) is 6.54 Å². The van der Waals surface area contributed by atoms with Crippen LogP contribution >= 0.6 is 0 Å². The third-order valence-electron chi connectivity index (χ3n) is 3.19. The lowest BCUT2D eigenvalue weighted by atomic mass is 10.1. The van der Waals surface area contributed by atoms with Crippen LogP contribution in [0.3, 0.4) is 0 Å². The molecule has 2 aromatic rings. The molecule has 0 aliphatic rings. The fourth-order valence-electron chi connectivity index (χ4n) is 2.03. The van der Waals surface area contributed by atoms with E-state index in [0.717, 1.165) is 5.56 Å². The van der Waals surface area contributed by atoms with Crippen molar-refractivity contribution in [3.8, 4) is 5.75 Å². The maximum atomic E-state index is 12.4. The second-order valence-corrected chi connectivity index (χ2v) is 4.98. The van der Waals surface area contributed by atoms with E-state index < -0.39 is 12.4 Å². The summed E-state index contributed by atoms with van der Waals surface area (Å²) in [5.41, 5.74) is 1.09. The number of carbonyl (C=O) groups excluding carboxylic acids is 1. The van der Waals surface area contributed by atoms with Crippen LogP contribution in [0.15, 0.2) is 48.8 Å². The number of para-hydroxylation sites is 1. The Balaban J connectivity index is 1.92. The Bertz CT molecular complexity index is 678. The third kappa shape index (κ3) is 5.45. The zero-order chi connectivity index (χ0) is 17.6. The molecule has 0 radical (unpaired) electrons. The second-order valence-electron chi connectivity index (χ2n) is 4.98. The molecule has 0 bridgehead atoms. The number of urea groups is 1. The summed E-state index contributed by atoms with van der Waals surface area (Å²) >= 11 is 0. The van der Waals surface area contributed by atoms with Gasteiger partial charge in [-0.1, -0.05) is 18.2 Å². The Hall–Kier alpha value is -2.77. The zero-order valence-electron chi connectivity index (χ0n) is 12.8. The van der Waals surface area contributed by atoms with Gasteiger partial charge in [-0.05, 0) is 30.7 Å². The van der Waals surface area contributed by atoms with E-state index in [0.29, 0.717) is 0 Å². The van der Waals surface area contributed by atoms with Gasteiger partial charge in [0, 0.05) is 24.5 Å². The number of hydrogen-bond donors (Lipinski definition) is 2. The maximum absolute atomic E-state index is 12.4. The van der Waals surface area contributed by atoms with E-state index in [4.69, 9.17) is 0 Å². The first-order valence-electron chi connectivity index (χ1n) is 7.13. The van der Waals surface area contributed by atoms with Crippen molar-refractivity contribution in [2.45, 2.75) is 25.9 Å². The molecule has 8 heteroatoms. The molecule has 2 amide bonds. The Morgan fingerprint density at radius 1 is 1.21 bits per heavy atom. The molecule has 5 nitrogen and oxygen atoms in total. The maximum Gasteiger partial charge on any atom is 0.573 e. The van der Waals surface area contributed by atoms with Crippen LogP contribution in [0.1, 0.15) is 24.1 Å². The number of nitrogens with zero attached hydrogens (tertiary/aromatic N) is 1. The minimum atomic E-state index is -4.78. The van der Waals surface area contributed by atoms with Crippen LogP contribution in [-0.4, -0.2) is 17.4 Å². The van der Waals surface area contributed by atoms with Crippen LogP contribution in [0.5, 0.6) is 5.75 Å².